The van der Waals surface area contributed by atoms with Gasteiger partial charge in [0.15, 0.2) is 11.5 Å². The Morgan fingerprint density at radius 1 is 1.09 bits per heavy atom. The van der Waals surface area contributed by atoms with Crippen LogP contribution < -0.4 is 19.9 Å². The maximum absolute atomic E-state index is 9.97. The Hall–Kier alpha value is -4.41. The van der Waals surface area contributed by atoms with E-state index in [9.17, 15) is 5.26 Å². The van der Waals surface area contributed by atoms with Crippen LogP contribution in [0.5, 0.6) is 17.4 Å². The SMILES string of the molecule is COc1cc([C@H]2C(C#N)=C(N)Oc3n[nH]c(-c4ccccc4)c32)ccc1OCc1ccccc1Cl. The molecule has 0 fully saturated rings. The second kappa shape index (κ2) is 9.45. The van der Waals surface area contributed by atoms with Gasteiger partial charge in [-0.2, -0.15) is 5.26 Å². The fourth-order valence-corrected chi connectivity index (χ4v) is 4.35. The molecule has 8 heteroatoms. The molecular weight excluding hydrogens is 464 g/mol. The molecule has 3 aromatic carbocycles. The van der Waals surface area contributed by atoms with Crippen LogP contribution >= 0.6 is 11.6 Å². The van der Waals surface area contributed by atoms with Crippen molar-refractivity contribution in [2.24, 2.45) is 5.73 Å². The average Bonchev–Trinajstić information content (AvgIpc) is 3.31. The lowest BCUT2D eigenvalue weighted by molar-refractivity contribution is 0.284. The molecule has 0 saturated heterocycles. The fraction of sp³-hybridized carbons (Fsp3) is 0.111. The van der Waals surface area contributed by atoms with Crippen molar-refractivity contribution >= 4 is 11.6 Å². The molecule has 1 aliphatic rings. The summed E-state index contributed by atoms with van der Waals surface area (Å²) in [5.41, 5.74) is 10.5. The number of nitriles is 1. The molecule has 0 spiro atoms. The molecule has 35 heavy (non-hydrogen) atoms. The average molecular weight is 485 g/mol. The number of allylic oxidation sites excluding steroid dienone is 1. The largest absolute Gasteiger partial charge is 0.493 e. The molecule has 0 bridgehead atoms. The summed E-state index contributed by atoms with van der Waals surface area (Å²) in [6.07, 6.45) is 0. The van der Waals surface area contributed by atoms with E-state index in [-0.39, 0.29) is 12.5 Å². The van der Waals surface area contributed by atoms with Crippen molar-refractivity contribution in [3.05, 3.63) is 106 Å². The Balaban J connectivity index is 1.56. The van der Waals surface area contributed by atoms with Gasteiger partial charge >= 0.3 is 0 Å². The molecule has 2 heterocycles. The minimum atomic E-state index is -0.510. The minimum Gasteiger partial charge on any atom is -0.493 e. The zero-order chi connectivity index (χ0) is 24.4. The Morgan fingerprint density at radius 2 is 1.86 bits per heavy atom. The first-order valence-electron chi connectivity index (χ1n) is 10.9. The van der Waals surface area contributed by atoms with Gasteiger partial charge in [0.25, 0.3) is 0 Å². The zero-order valence-electron chi connectivity index (χ0n) is 18.8. The number of halogens is 1. The second-order valence-electron chi connectivity index (χ2n) is 7.90. The molecule has 3 N–H and O–H groups in total. The van der Waals surface area contributed by atoms with Gasteiger partial charge in [0.05, 0.1) is 24.3 Å². The summed E-state index contributed by atoms with van der Waals surface area (Å²) in [4.78, 5) is 0. The summed E-state index contributed by atoms with van der Waals surface area (Å²) in [5.74, 6) is 0.916. The van der Waals surface area contributed by atoms with E-state index in [1.807, 2.05) is 72.8 Å². The first kappa shape index (κ1) is 22.4. The number of ether oxygens (including phenoxy) is 3. The summed E-state index contributed by atoms with van der Waals surface area (Å²) < 4.78 is 17.3. The summed E-state index contributed by atoms with van der Waals surface area (Å²) in [6.45, 7) is 0.285. The second-order valence-corrected chi connectivity index (χ2v) is 8.31. The predicted octanol–water partition coefficient (Wildman–Crippen LogP) is 5.54. The lowest BCUT2D eigenvalue weighted by Crippen LogP contribution is -2.21. The van der Waals surface area contributed by atoms with Crippen molar-refractivity contribution in [1.82, 2.24) is 10.2 Å². The molecule has 174 valence electrons. The van der Waals surface area contributed by atoms with Crippen LogP contribution in [0, 0.1) is 11.3 Å². The third-order valence-electron chi connectivity index (χ3n) is 5.86. The highest BCUT2D eigenvalue weighted by Crippen LogP contribution is 2.47. The van der Waals surface area contributed by atoms with Crippen LogP contribution in [0.1, 0.15) is 22.6 Å². The summed E-state index contributed by atoms with van der Waals surface area (Å²) in [6, 6.07) is 25.0. The fourth-order valence-electron chi connectivity index (χ4n) is 4.16. The molecule has 1 atom stereocenters. The van der Waals surface area contributed by atoms with E-state index < -0.39 is 5.92 Å². The summed E-state index contributed by atoms with van der Waals surface area (Å²) >= 11 is 6.26. The van der Waals surface area contributed by atoms with Gasteiger partial charge in [0, 0.05) is 10.6 Å². The highest BCUT2D eigenvalue weighted by atomic mass is 35.5. The van der Waals surface area contributed by atoms with E-state index in [0.717, 1.165) is 27.9 Å². The number of nitrogens with zero attached hydrogens (tertiary/aromatic N) is 2. The molecule has 0 aliphatic carbocycles. The highest BCUT2D eigenvalue weighted by molar-refractivity contribution is 6.31. The van der Waals surface area contributed by atoms with E-state index in [2.05, 4.69) is 16.3 Å². The monoisotopic (exact) mass is 484 g/mol. The Kier molecular flexibility index (Phi) is 6.04. The molecule has 1 aliphatic heterocycles. The number of H-pyrrole nitrogens is 1. The first-order valence-corrected chi connectivity index (χ1v) is 11.2. The Morgan fingerprint density at radius 3 is 2.60 bits per heavy atom. The number of rotatable bonds is 6. The van der Waals surface area contributed by atoms with Crippen LogP contribution in [0.4, 0.5) is 0 Å². The van der Waals surface area contributed by atoms with Crippen molar-refractivity contribution in [3.63, 3.8) is 0 Å². The van der Waals surface area contributed by atoms with Crippen molar-refractivity contribution in [1.29, 1.82) is 5.26 Å². The number of aromatic nitrogens is 2. The molecule has 5 rings (SSSR count). The zero-order valence-corrected chi connectivity index (χ0v) is 19.5. The molecule has 0 saturated carbocycles. The van der Waals surface area contributed by atoms with Gasteiger partial charge in [-0.1, -0.05) is 66.2 Å². The van der Waals surface area contributed by atoms with Crippen molar-refractivity contribution < 1.29 is 14.2 Å². The third-order valence-corrected chi connectivity index (χ3v) is 6.23. The Labute approximate surface area is 207 Å². The number of fused-ring (bicyclic) bond motifs is 1. The topological polar surface area (TPSA) is 106 Å². The maximum atomic E-state index is 9.97. The number of aromatic amines is 1. The standard InChI is InChI=1S/C27H21ClN4O3/c1-33-22-13-17(11-12-21(22)34-15-18-9-5-6-10-20(18)28)23-19(14-29)26(30)35-27-24(23)25(31-32-27)16-7-3-2-4-8-16/h2-13,23H,15,30H2,1H3,(H,31,32)/t23-/m0/s1. The first-order chi connectivity index (χ1) is 17.1. The number of hydrogen-bond donors (Lipinski definition) is 2. The highest BCUT2D eigenvalue weighted by Gasteiger charge is 2.36. The van der Waals surface area contributed by atoms with Gasteiger partial charge in [-0.25, -0.2) is 0 Å². The van der Waals surface area contributed by atoms with E-state index in [4.69, 9.17) is 31.5 Å². The molecule has 0 amide bonds. The third kappa shape index (κ3) is 4.16. The number of nitrogens with one attached hydrogen (secondary N) is 1. The normalized spacial score (nSPS) is 14.6. The van der Waals surface area contributed by atoms with Gasteiger partial charge in [-0.15, -0.1) is 5.10 Å². The lowest BCUT2D eigenvalue weighted by Gasteiger charge is -2.25. The maximum Gasteiger partial charge on any atom is 0.244 e. The van der Waals surface area contributed by atoms with Crippen LogP contribution in [0.15, 0.2) is 84.3 Å². The number of methoxy groups -OCH3 is 1. The summed E-state index contributed by atoms with van der Waals surface area (Å²) in [5, 5.41) is 18.0. The number of nitrogens with two attached hydrogens (primary N) is 1. The van der Waals surface area contributed by atoms with Crippen LogP contribution in [0.3, 0.4) is 0 Å². The van der Waals surface area contributed by atoms with E-state index in [1.54, 1.807) is 7.11 Å². The predicted molar refractivity (Wildman–Crippen MR) is 132 cm³/mol. The minimum absolute atomic E-state index is 0.0223. The molecule has 0 unspecified atom stereocenters. The molecule has 4 aromatic rings. The van der Waals surface area contributed by atoms with Crippen LogP contribution in [-0.4, -0.2) is 17.3 Å². The van der Waals surface area contributed by atoms with E-state index in [0.29, 0.717) is 28.0 Å². The lowest BCUT2D eigenvalue weighted by atomic mass is 9.83. The number of benzene rings is 3. The van der Waals surface area contributed by atoms with E-state index in [1.165, 1.54) is 0 Å². The van der Waals surface area contributed by atoms with Crippen LogP contribution in [0.25, 0.3) is 11.3 Å². The van der Waals surface area contributed by atoms with Gasteiger partial charge in [-0.3, -0.25) is 5.10 Å². The van der Waals surface area contributed by atoms with Gasteiger partial charge in [-0.05, 0) is 29.3 Å². The van der Waals surface area contributed by atoms with Crippen LogP contribution in [0.2, 0.25) is 5.02 Å². The molecule has 0 radical (unpaired) electrons. The molecule has 7 nitrogen and oxygen atoms in total. The van der Waals surface area contributed by atoms with Crippen molar-refractivity contribution in [2.45, 2.75) is 12.5 Å². The molecular formula is C27H21ClN4O3. The summed E-state index contributed by atoms with van der Waals surface area (Å²) in [7, 11) is 1.57. The van der Waals surface area contributed by atoms with Crippen LogP contribution in [-0.2, 0) is 6.61 Å². The van der Waals surface area contributed by atoms with Gasteiger partial charge in [0.2, 0.25) is 11.8 Å². The van der Waals surface area contributed by atoms with Crippen molar-refractivity contribution in [2.75, 3.05) is 7.11 Å². The smallest absolute Gasteiger partial charge is 0.244 e. The quantitative estimate of drug-likeness (QED) is 0.372. The molecule has 1 aromatic heterocycles. The number of hydrogen-bond acceptors (Lipinski definition) is 6. The van der Waals surface area contributed by atoms with Gasteiger partial charge in [0.1, 0.15) is 18.2 Å². The van der Waals surface area contributed by atoms with Gasteiger partial charge < -0.3 is 19.9 Å². The van der Waals surface area contributed by atoms with Crippen molar-refractivity contribution in [3.8, 4) is 34.7 Å². The Bertz CT molecular complexity index is 1460. The van der Waals surface area contributed by atoms with E-state index >= 15 is 0 Å².